The predicted molar refractivity (Wildman–Crippen MR) is 98.9 cm³/mol. The van der Waals surface area contributed by atoms with Crippen molar-refractivity contribution in [1.29, 1.82) is 0 Å². The van der Waals surface area contributed by atoms with E-state index in [0.717, 1.165) is 28.1 Å². The number of nitrogens with one attached hydrogen (secondary N) is 1. The molecule has 4 nitrogen and oxygen atoms in total. The van der Waals surface area contributed by atoms with Crippen LogP contribution in [0.2, 0.25) is 5.02 Å². The van der Waals surface area contributed by atoms with Gasteiger partial charge >= 0.3 is 0 Å². The molecule has 0 aliphatic heterocycles. The van der Waals surface area contributed by atoms with Crippen molar-refractivity contribution in [1.82, 2.24) is 4.90 Å². The van der Waals surface area contributed by atoms with Gasteiger partial charge in [0.2, 0.25) is 5.91 Å². The fraction of sp³-hybridized carbons (Fsp3) is 0.316. The highest BCUT2D eigenvalue weighted by Gasteiger charge is 2.12. The number of carbonyl (C=O) groups excluding carboxylic acids is 1. The Morgan fingerprint density at radius 1 is 1.21 bits per heavy atom. The number of hydrogen-bond acceptors (Lipinski definition) is 3. The van der Waals surface area contributed by atoms with Crippen molar-refractivity contribution in [3.05, 3.63) is 58.1 Å². The summed E-state index contributed by atoms with van der Waals surface area (Å²) in [6.07, 6.45) is 0. The zero-order valence-corrected chi connectivity index (χ0v) is 15.3. The van der Waals surface area contributed by atoms with Gasteiger partial charge in [-0.1, -0.05) is 29.8 Å². The Morgan fingerprint density at radius 2 is 1.88 bits per heavy atom. The molecule has 0 spiro atoms. The lowest BCUT2D eigenvalue weighted by molar-refractivity contribution is -0.117. The van der Waals surface area contributed by atoms with E-state index in [-0.39, 0.29) is 12.5 Å². The van der Waals surface area contributed by atoms with Crippen molar-refractivity contribution in [3.8, 4) is 5.75 Å². The molecule has 0 fully saturated rings. The second-order valence-electron chi connectivity index (χ2n) is 5.94. The molecule has 0 aliphatic carbocycles. The van der Waals surface area contributed by atoms with E-state index in [2.05, 4.69) is 5.32 Å². The number of rotatable bonds is 6. The van der Waals surface area contributed by atoms with Gasteiger partial charge in [-0.25, -0.2) is 0 Å². The largest absolute Gasteiger partial charge is 0.496 e. The highest BCUT2D eigenvalue weighted by molar-refractivity contribution is 6.30. The number of aryl methyl sites for hydroxylation is 2. The third kappa shape index (κ3) is 4.73. The summed E-state index contributed by atoms with van der Waals surface area (Å²) in [5, 5.41) is 3.65. The molecule has 2 rings (SSSR count). The van der Waals surface area contributed by atoms with Crippen LogP contribution < -0.4 is 10.1 Å². The number of para-hydroxylation sites is 1. The molecule has 0 radical (unpaired) electrons. The van der Waals surface area contributed by atoms with E-state index in [1.54, 1.807) is 13.2 Å². The first-order chi connectivity index (χ1) is 11.4. The molecule has 0 saturated heterocycles. The van der Waals surface area contributed by atoms with E-state index in [1.807, 2.05) is 56.1 Å². The summed E-state index contributed by atoms with van der Waals surface area (Å²) in [6.45, 7) is 4.83. The van der Waals surface area contributed by atoms with E-state index in [1.165, 1.54) is 0 Å². The van der Waals surface area contributed by atoms with Crippen LogP contribution in [0.4, 0.5) is 5.69 Å². The van der Waals surface area contributed by atoms with Gasteiger partial charge in [-0.2, -0.15) is 0 Å². The molecule has 0 unspecified atom stereocenters. The zero-order chi connectivity index (χ0) is 17.7. The highest BCUT2D eigenvalue weighted by atomic mass is 35.5. The summed E-state index contributed by atoms with van der Waals surface area (Å²) in [6, 6.07) is 11.4. The van der Waals surface area contributed by atoms with Crippen LogP contribution in [0.5, 0.6) is 5.75 Å². The predicted octanol–water partition coefficient (Wildman–Crippen LogP) is 4.04. The molecule has 0 aromatic heterocycles. The van der Waals surface area contributed by atoms with Gasteiger partial charge in [-0.15, -0.1) is 0 Å². The van der Waals surface area contributed by atoms with Gasteiger partial charge in [0.05, 0.1) is 13.7 Å². The highest BCUT2D eigenvalue weighted by Crippen LogP contribution is 2.24. The number of anilines is 1. The van der Waals surface area contributed by atoms with Crippen LogP contribution in [0, 0.1) is 13.8 Å². The number of likely N-dealkylation sites (N-methyl/N-ethyl adjacent to an activating group) is 1. The van der Waals surface area contributed by atoms with Crippen LogP contribution in [0.1, 0.15) is 16.7 Å². The Labute approximate surface area is 148 Å². The zero-order valence-electron chi connectivity index (χ0n) is 14.5. The molecule has 2 aromatic rings. The molecule has 0 saturated carbocycles. The first kappa shape index (κ1) is 18.3. The topological polar surface area (TPSA) is 41.6 Å². The lowest BCUT2D eigenvalue weighted by Crippen LogP contribution is -2.30. The average Bonchev–Trinajstić information content (AvgIpc) is 2.51. The minimum absolute atomic E-state index is 0.0455. The number of carbonyl (C=O) groups is 1. The van der Waals surface area contributed by atoms with Crippen molar-refractivity contribution in [2.24, 2.45) is 0 Å². The summed E-state index contributed by atoms with van der Waals surface area (Å²) < 4.78 is 5.35. The summed E-state index contributed by atoms with van der Waals surface area (Å²) in [4.78, 5) is 14.3. The first-order valence-corrected chi connectivity index (χ1v) is 8.15. The number of amides is 1. The maximum atomic E-state index is 12.3. The van der Waals surface area contributed by atoms with Crippen molar-refractivity contribution in [2.75, 3.05) is 26.0 Å². The van der Waals surface area contributed by atoms with Gasteiger partial charge in [-0.3, -0.25) is 9.69 Å². The van der Waals surface area contributed by atoms with Crippen LogP contribution in [-0.4, -0.2) is 31.5 Å². The molecule has 2 aromatic carbocycles. The fourth-order valence-electron chi connectivity index (χ4n) is 2.65. The van der Waals surface area contributed by atoms with Crippen molar-refractivity contribution in [2.45, 2.75) is 20.4 Å². The van der Waals surface area contributed by atoms with Crippen LogP contribution in [0.15, 0.2) is 36.4 Å². The molecule has 128 valence electrons. The van der Waals surface area contributed by atoms with Crippen molar-refractivity contribution >= 4 is 23.2 Å². The Balaban J connectivity index is 2.01. The van der Waals surface area contributed by atoms with Gasteiger partial charge in [0.25, 0.3) is 0 Å². The van der Waals surface area contributed by atoms with Crippen LogP contribution in [0.25, 0.3) is 0 Å². The quantitative estimate of drug-likeness (QED) is 0.858. The second-order valence-corrected chi connectivity index (χ2v) is 6.38. The average molecular weight is 347 g/mol. The minimum atomic E-state index is -0.0455. The molecule has 0 bridgehead atoms. The molecular formula is C19H23ClN2O2. The van der Waals surface area contributed by atoms with Crippen LogP contribution in [-0.2, 0) is 11.3 Å². The normalized spacial score (nSPS) is 10.8. The first-order valence-electron chi connectivity index (χ1n) is 7.77. The minimum Gasteiger partial charge on any atom is -0.496 e. The maximum Gasteiger partial charge on any atom is 0.238 e. The number of hydrogen-bond donors (Lipinski definition) is 1. The van der Waals surface area contributed by atoms with E-state index in [4.69, 9.17) is 16.3 Å². The molecule has 5 heteroatoms. The smallest absolute Gasteiger partial charge is 0.238 e. The molecule has 1 amide bonds. The molecule has 0 aliphatic rings. The monoisotopic (exact) mass is 346 g/mol. The van der Waals surface area contributed by atoms with Crippen LogP contribution in [0.3, 0.4) is 0 Å². The Morgan fingerprint density at radius 3 is 2.50 bits per heavy atom. The van der Waals surface area contributed by atoms with Crippen LogP contribution >= 0.6 is 11.6 Å². The summed E-state index contributed by atoms with van der Waals surface area (Å²) >= 11 is 6.05. The standard InChI is InChI=1S/C19H23ClN2O2/c1-13-6-5-7-14(2)19(13)21-18(23)12-22(3)11-15-10-16(20)8-9-17(15)24-4/h5-10H,11-12H2,1-4H3,(H,21,23). The molecular weight excluding hydrogens is 324 g/mol. The molecule has 24 heavy (non-hydrogen) atoms. The summed E-state index contributed by atoms with van der Waals surface area (Å²) in [7, 11) is 3.52. The molecule has 0 atom stereocenters. The lowest BCUT2D eigenvalue weighted by Gasteiger charge is -2.19. The molecule has 0 heterocycles. The lowest BCUT2D eigenvalue weighted by atomic mass is 10.1. The second kappa shape index (κ2) is 8.18. The van der Waals surface area contributed by atoms with Gasteiger partial charge in [0, 0.05) is 22.8 Å². The Hall–Kier alpha value is -2.04. The van der Waals surface area contributed by atoms with E-state index in [9.17, 15) is 4.79 Å². The fourth-order valence-corrected chi connectivity index (χ4v) is 2.85. The Bertz CT molecular complexity index is 711. The Kier molecular flexibility index (Phi) is 6.23. The molecule has 1 N–H and O–H groups in total. The number of ether oxygens (including phenoxy) is 1. The number of benzene rings is 2. The summed E-state index contributed by atoms with van der Waals surface area (Å²) in [5.74, 6) is 0.720. The van der Waals surface area contributed by atoms with E-state index < -0.39 is 0 Å². The SMILES string of the molecule is COc1ccc(Cl)cc1CN(C)CC(=O)Nc1c(C)cccc1C. The van der Waals surface area contributed by atoms with E-state index >= 15 is 0 Å². The van der Waals surface area contributed by atoms with Crippen molar-refractivity contribution in [3.63, 3.8) is 0 Å². The van der Waals surface area contributed by atoms with Gasteiger partial charge < -0.3 is 10.1 Å². The van der Waals surface area contributed by atoms with Gasteiger partial charge in [-0.05, 0) is 50.2 Å². The maximum absolute atomic E-state index is 12.3. The number of nitrogens with zero attached hydrogens (tertiary/aromatic N) is 1. The summed E-state index contributed by atoms with van der Waals surface area (Å²) in [5.41, 5.74) is 3.95. The number of halogens is 1. The van der Waals surface area contributed by atoms with Crippen molar-refractivity contribution < 1.29 is 9.53 Å². The third-order valence-electron chi connectivity index (χ3n) is 3.84. The third-order valence-corrected chi connectivity index (χ3v) is 4.08. The van der Waals surface area contributed by atoms with Gasteiger partial charge in [0.1, 0.15) is 5.75 Å². The number of methoxy groups -OCH3 is 1. The van der Waals surface area contributed by atoms with E-state index in [0.29, 0.717) is 11.6 Å². The van der Waals surface area contributed by atoms with Gasteiger partial charge in [0.15, 0.2) is 0 Å².